The number of amides is 1. The molecule has 124 valence electrons. The second kappa shape index (κ2) is 6.89. The lowest BCUT2D eigenvalue weighted by Crippen LogP contribution is -2.30. The lowest BCUT2D eigenvalue weighted by molar-refractivity contribution is 0.152. The molecule has 0 aliphatic carbocycles. The average molecular weight is 316 g/mol. The number of carbonyl (C=O) groups excluding carboxylic acids is 1. The van der Waals surface area contributed by atoms with Gasteiger partial charge in [0.2, 0.25) is 0 Å². The average Bonchev–Trinajstić information content (AvgIpc) is 3.20. The minimum Gasteiger partial charge on any atom is -0.449 e. The maximum absolute atomic E-state index is 12.3. The number of fused-ring (bicyclic) bond motifs is 1. The molecule has 0 fully saturated rings. The van der Waals surface area contributed by atoms with E-state index >= 15 is 0 Å². The van der Waals surface area contributed by atoms with E-state index in [4.69, 9.17) is 4.74 Å². The number of nitrogens with zero attached hydrogens (tertiary/aromatic N) is 2. The fraction of sp³-hybridized carbons (Fsp3) is 0.529. The van der Waals surface area contributed by atoms with Gasteiger partial charge in [-0.1, -0.05) is 19.4 Å². The number of carbonyl (C=O) groups is 1. The molecule has 3 rings (SSSR count). The van der Waals surface area contributed by atoms with Crippen molar-refractivity contribution >= 4 is 23.4 Å². The van der Waals surface area contributed by atoms with Crippen LogP contribution in [-0.4, -0.2) is 38.3 Å². The summed E-state index contributed by atoms with van der Waals surface area (Å²) in [6.45, 7) is 6.93. The van der Waals surface area contributed by atoms with Gasteiger partial charge in [0.25, 0.3) is 0 Å². The van der Waals surface area contributed by atoms with E-state index in [1.54, 1.807) is 4.90 Å². The molecule has 23 heavy (non-hydrogen) atoms. The number of unbranched alkanes of at least 4 members (excludes halogenated alkanes) is 1. The highest BCUT2D eigenvalue weighted by molar-refractivity contribution is 5.99. The van der Waals surface area contributed by atoms with Gasteiger partial charge >= 0.3 is 6.09 Å². The van der Waals surface area contributed by atoms with Crippen molar-refractivity contribution in [3.05, 3.63) is 23.3 Å². The molecular formula is C17H24N4O2. The minimum absolute atomic E-state index is 0.242. The van der Waals surface area contributed by atoms with Gasteiger partial charge in [-0.3, -0.25) is 9.89 Å². The molecule has 1 aromatic carbocycles. The number of hydrogen-bond acceptors (Lipinski definition) is 5. The number of guanidine groups is 1. The van der Waals surface area contributed by atoms with Gasteiger partial charge in [0.1, 0.15) is 0 Å². The Balaban J connectivity index is 1.79. The molecule has 6 nitrogen and oxygen atoms in total. The van der Waals surface area contributed by atoms with Gasteiger partial charge in [-0.25, -0.2) is 4.79 Å². The highest BCUT2D eigenvalue weighted by Gasteiger charge is 2.29. The Hall–Kier alpha value is -2.24. The van der Waals surface area contributed by atoms with Crippen LogP contribution in [0.3, 0.4) is 0 Å². The Morgan fingerprint density at radius 2 is 2.35 bits per heavy atom. The molecule has 2 heterocycles. The van der Waals surface area contributed by atoms with Crippen LogP contribution < -0.4 is 15.5 Å². The summed E-state index contributed by atoms with van der Waals surface area (Å²) >= 11 is 0. The molecule has 0 spiro atoms. The second-order valence-corrected chi connectivity index (χ2v) is 5.91. The van der Waals surface area contributed by atoms with E-state index in [1.165, 1.54) is 0 Å². The lowest BCUT2D eigenvalue weighted by atomic mass is 10.1. The standard InChI is InChI=1S/C17H24N4O2/c1-3-4-11-23-17(22)21-10-7-13-14(6-5-12(2)15(13)21)20-16-18-8-9-19-16/h5-6H,3-4,7-11H2,1-2H3,(H2,18,19,20). The lowest BCUT2D eigenvalue weighted by Gasteiger charge is -2.20. The summed E-state index contributed by atoms with van der Waals surface area (Å²) in [6, 6.07) is 4.09. The summed E-state index contributed by atoms with van der Waals surface area (Å²) in [4.78, 5) is 18.5. The monoisotopic (exact) mass is 316 g/mol. The summed E-state index contributed by atoms with van der Waals surface area (Å²) in [5, 5.41) is 6.55. The first-order chi connectivity index (χ1) is 11.2. The second-order valence-electron chi connectivity index (χ2n) is 5.91. The summed E-state index contributed by atoms with van der Waals surface area (Å²) in [5.41, 5.74) is 4.25. The van der Waals surface area contributed by atoms with E-state index in [0.29, 0.717) is 13.2 Å². The predicted octanol–water partition coefficient (Wildman–Crippen LogP) is 2.67. The summed E-state index contributed by atoms with van der Waals surface area (Å²) in [6.07, 6.45) is 2.51. The molecule has 0 aromatic heterocycles. The van der Waals surface area contributed by atoms with Crippen LogP contribution in [-0.2, 0) is 11.2 Å². The fourth-order valence-electron chi connectivity index (χ4n) is 3.01. The normalized spacial score (nSPS) is 15.9. The van der Waals surface area contributed by atoms with Crippen LogP contribution in [0, 0.1) is 6.92 Å². The predicted molar refractivity (Wildman–Crippen MR) is 92.4 cm³/mol. The van der Waals surface area contributed by atoms with Gasteiger partial charge in [-0.2, -0.15) is 0 Å². The molecule has 0 saturated heterocycles. The molecule has 1 aromatic rings. The van der Waals surface area contributed by atoms with Crippen LogP contribution in [0.2, 0.25) is 0 Å². The van der Waals surface area contributed by atoms with Gasteiger partial charge in [0, 0.05) is 24.3 Å². The molecule has 2 N–H and O–H groups in total. The Bertz CT molecular complexity index is 627. The highest BCUT2D eigenvalue weighted by atomic mass is 16.6. The van der Waals surface area contributed by atoms with Crippen LogP contribution in [0.1, 0.15) is 30.9 Å². The van der Waals surface area contributed by atoms with Crippen LogP contribution in [0.15, 0.2) is 17.1 Å². The van der Waals surface area contributed by atoms with E-state index < -0.39 is 0 Å². The number of anilines is 2. The highest BCUT2D eigenvalue weighted by Crippen LogP contribution is 2.37. The van der Waals surface area contributed by atoms with Gasteiger partial charge in [-0.05, 0) is 31.4 Å². The van der Waals surface area contributed by atoms with E-state index in [0.717, 1.165) is 60.8 Å². The summed E-state index contributed by atoms with van der Waals surface area (Å²) < 4.78 is 5.38. The van der Waals surface area contributed by atoms with Crippen molar-refractivity contribution < 1.29 is 9.53 Å². The molecule has 2 aliphatic rings. The van der Waals surface area contributed by atoms with Crippen LogP contribution in [0.4, 0.5) is 16.2 Å². The van der Waals surface area contributed by atoms with Gasteiger partial charge < -0.3 is 15.4 Å². The summed E-state index contributed by atoms with van der Waals surface area (Å²) in [7, 11) is 0. The zero-order chi connectivity index (χ0) is 16.2. The maximum atomic E-state index is 12.3. The third-order valence-corrected chi connectivity index (χ3v) is 4.21. The quantitative estimate of drug-likeness (QED) is 0.838. The van der Waals surface area contributed by atoms with Crippen LogP contribution >= 0.6 is 0 Å². The molecule has 0 unspecified atom stereocenters. The number of ether oxygens (including phenoxy) is 1. The third-order valence-electron chi connectivity index (χ3n) is 4.21. The third kappa shape index (κ3) is 3.25. The van der Waals surface area contributed by atoms with Crippen molar-refractivity contribution in [1.29, 1.82) is 0 Å². The number of hydrogen-bond donors (Lipinski definition) is 2. The van der Waals surface area contributed by atoms with Gasteiger partial charge in [0.15, 0.2) is 5.96 Å². The smallest absolute Gasteiger partial charge is 0.414 e. The number of aliphatic imine (C=N–C) groups is 1. The first kappa shape index (κ1) is 15.6. The fourth-order valence-corrected chi connectivity index (χ4v) is 3.01. The zero-order valence-electron chi connectivity index (χ0n) is 13.8. The van der Waals surface area contributed by atoms with Crippen molar-refractivity contribution in [2.24, 2.45) is 4.99 Å². The van der Waals surface area contributed by atoms with Crippen molar-refractivity contribution in [2.75, 3.05) is 36.5 Å². The van der Waals surface area contributed by atoms with E-state index in [2.05, 4.69) is 28.6 Å². The minimum atomic E-state index is -0.242. The Morgan fingerprint density at radius 3 is 3.09 bits per heavy atom. The van der Waals surface area contributed by atoms with E-state index in [9.17, 15) is 4.79 Å². The van der Waals surface area contributed by atoms with E-state index in [-0.39, 0.29) is 6.09 Å². The zero-order valence-corrected chi connectivity index (χ0v) is 13.8. The van der Waals surface area contributed by atoms with Crippen molar-refractivity contribution in [3.63, 3.8) is 0 Å². The molecule has 0 atom stereocenters. The summed E-state index contributed by atoms with van der Waals surface area (Å²) in [5.74, 6) is 0.806. The largest absolute Gasteiger partial charge is 0.449 e. The molecule has 0 saturated carbocycles. The molecule has 0 radical (unpaired) electrons. The first-order valence-corrected chi connectivity index (χ1v) is 8.33. The Labute approximate surface area is 136 Å². The van der Waals surface area contributed by atoms with Gasteiger partial charge in [-0.15, -0.1) is 0 Å². The number of rotatable bonds is 4. The van der Waals surface area contributed by atoms with Gasteiger partial charge in [0.05, 0.1) is 18.8 Å². The Kier molecular flexibility index (Phi) is 4.69. The van der Waals surface area contributed by atoms with Crippen molar-refractivity contribution in [3.8, 4) is 0 Å². The topological polar surface area (TPSA) is 66.0 Å². The van der Waals surface area contributed by atoms with Crippen LogP contribution in [0.5, 0.6) is 0 Å². The van der Waals surface area contributed by atoms with Crippen molar-refractivity contribution in [2.45, 2.75) is 33.1 Å². The SMILES string of the molecule is CCCCOC(=O)N1CCc2c(NC3=NCCN3)ccc(C)c21. The van der Waals surface area contributed by atoms with Crippen LogP contribution in [0.25, 0.3) is 0 Å². The first-order valence-electron chi connectivity index (χ1n) is 8.33. The molecule has 2 aliphatic heterocycles. The number of benzene rings is 1. The molecule has 0 bridgehead atoms. The maximum Gasteiger partial charge on any atom is 0.414 e. The molecular weight excluding hydrogens is 292 g/mol. The Morgan fingerprint density at radius 1 is 1.48 bits per heavy atom. The number of nitrogens with one attached hydrogen (secondary N) is 2. The van der Waals surface area contributed by atoms with E-state index in [1.807, 2.05) is 13.0 Å². The van der Waals surface area contributed by atoms with Crippen molar-refractivity contribution in [1.82, 2.24) is 5.32 Å². The molecule has 1 amide bonds. The molecule has 6 heteroatoms. The number of aryl methyl sites for hydroxylation is 1.